The van der Waals surface area contributed by atoms with Gasteiger partial charge in [0.15, 0.2) is 0 Å². The van der Waals surface area contributed by atoms with Crippen molar-refractivity contribution >= 4 is 0 Å². The second-order valence-corrected chi connectivity index (χ2v) is 4.32. The highest BCUT2D eigenvalue weighted by Gasteiger charge is 2.30. The molecule has 0 fully saturated rings. The molecule has 13 heavy (non-hydrogen) atoms. The first kappa shape index (κ1) is 8.75. The monoisotopic (exact) mass is 179 g/mol. The smallest absolute Gasteiger partial charge is 0.0537 e. The average molecular weight is 179 g/mol. The lowest BCUT2D eigenvalue weighted by Crippen LogP contribution is -2.40. The summed E-state index contributed by atoms with van der Waals surface area (Å²) in [7, 11) is 0. The predicted octanol–water partition coefficient (Wildman–Crippen LogP) is 1.28. The van der Waals surface area contributed by atoms with Crippen molar-refractivity contribution in [3.05, 3.63) is 17.5 Å². The largest absolute Gasteiger partial charge is 0.312 e. The molecule has 3 heteroatoms. The van der Waals surface area contributed by atoms with E-state index in [9.17, 15) is 0 Å². The molecule has 3 nitrogen and oxygen atoms in total. The molecule has 0 amide bonds. The standard InChI is InChI=1S/C10H17N3/c1-4-13-9-8(6-12-13)5-11-7-10(9,2)3/h6,11H,4-5,7H2,1-3H3. The van der Waals surface area contributed by atoms with Gasteiger partial charge >= 0.3 is 0 Å². The Hall–Kier alpha value is -0.830. The quantitative estimate of drug-likeness (QED) is 0.704. The fourth-order valence-corrected chi connectivity index (χ4v) is 2.17. The van der Waals surface area contributed by atoms with E-state index in [1.165, 1.54) is 11.3 Å². The van der Waals surface area contributed by atoms with Crippen molar-refractivity contribution in [2.24, 2.45) is 0 Å². The van der Waals surface area contributed by atoms with E-state index in [4.69, 9.17) is 0 Å². The number of fused-ring (bicyclic) bond motifs is 1. The summed E-state index contributed by atoms with van der Waals surface area (Å²) in [4.78, 5) is 0. The van der Waals surface area contributed by atoms with Crippen molar-refractivity contribution in [1.82, 2.24) is 15.1 Å². The fourth-order valence-electron chi connectivity index (χ4n) is 2.17. The van der Waals surface area contributed by atoms with Gasteiger partial charge in [-0.3, -0.25) is 4.68 Å². The van der Waals surface area contributed by atoms with Gasteiger partial charge in [0.25, 0.3) is 0 Å². The molecule has 0 saturated carbocycles. The molecule has 0 aliphatic carbocycles. The summed E-state index contributed by atoms with van der Waals surface area (Å²) in [5, 5.41) is 7.80. The third-order valence-electron chi connectivity index (χ3n) is 2.74. The summed E-state index contributed by atoms with van der Waals surface area (Å²) in [5.41, 5.74) is 2.99. The number of nitrogens with zero attached hydrogens (tertiary/aromatic N) is 2. The molecule has 0 unspecified atom stereocenters. The van der Waals surface area contributed by atoms with Crippen molar-refractivity contribution in [3.8, 4) is 0 Å². The Bertz CT molecular complexity index is 298. The molecule has 1 aliphatic rings. The van der Waals surface area contributed by atoms with Crippen molar-refractivity contribution in [3.63, 3.8) is 0 Å². The van der Waals surface area contributed by atoms with Crippen LogP contribution in [0.4, 0.5) is 0 Å². The van der Waals surface area contributed by atoms with E-state index in [0.717, 1.165) is 19.6 Å². The van der Waals surface area contributed by atoms with Crippen LogP contribution in [0.3, 0.4) is 0 Å². The van der Waals surface area contributed by atoms with E-state index in [1.54, 1.807) is 0 Å². The maximum Gasteiger partial charge on any atom is 0.0537 e. The van der Waals surface area contributed by atoms with Gasteiger partial charge in [-0.2, -0.15) is 5.10 Å². The summed E-state index contributed by atoms with van der Waals surface area (Å²) in [6.45, 7) is 9.67. The number of hydrogen-bond donors (Lipinski definition) is 1. The number of nitrogens with one attached hydrogen (secondary N) is 1. The number of hydrogen-bond acceptors (Lipinski definition) is 2. The van der Waals surface area contributed by atoms with Crippen molar-refractivity contribution in [1.29, 1.82) is 0 Å². The lowest BCUT2D eigenvalue weighted by atomic mass is 9.84. The third kappa shape index (κ3) is 1.27. The molecule has 0 radical (unpaired) electrons. The van der Waals surface area contributed by atoms with Gasteiger partial charge in [0, 0.05) is 36.3 Å². The van der Waals surface area contributed by atoms with Gasteiger partial charge in [-0.25, -0.2) is 0 Å². The Balaban J connectivity index is 2.52. The molecule has 1 aromatic rings. The Labute approximate surface area is 79.1 Å². The summed E-state index contributed by atoms with van der Waals surface area (Å²) in [6, 6.07) is 0. The average Bonchev–Trinajstić information content (AvgIpc) is 2.48. The van der Waals surface area contributed by atoms with Crippen LogP contribution >= 0.6 is 0 Å². The van der Waals surface area contributed by atoms with Crippen LogP contribution in [-0.4, -0.2) is 16.3 Å². The third-order valence-corrected chi connectivity index (χ3v) is 2.74. The summed E-state index contributed by atoms with van der Waals surface area (Å²) in [5.74, 6) is 0. The summed E-state index contributed by atoms with van der Waals surface area (Å²) >= 11 is 0. The second kappa shape index (κ2) is 2.84. The summed E-state index contributed by atoms with van der Waals surface area (Å²) < 4.78 is 2.12. The maximum absolute atomic E-state index is 4.39. The van der Waals surface area contributed by atoms with Crippen LogP contribution in [0.1, 0.15) is 32.0 Å². The van der Waals surface area contributed by atoms with Gasteiger partial charge in [-0.05, 0) is 6.92 Å². The van der Waals surface area contributed by atoms with Crippen molar-refractivity contribution in [2.45, 2.75) is 39.3 Å². The van der Waals surface area contributed by atoms with Crippen LogP contribution in [0.5, 0.6) is 0 Å². The lowest BCUT2D eigenvalue weighted by molar-refractivity contribution is 0.397. The highest BCUT2D eigenvalue weighted by molar-refractivity contribution is 5.28. The van der Waals surface area contributed by atoms with E-state index >= 15 is 0 Å². The van der Waals surface area contributed by atoms with Crippen LogP contribution in [0.15, 0.2) is 6.20 Å². The minimum atomic E-state index is 0.222. The second-order valence-electron chi connectivity index (χ2n) is 4.32. The molecular weight excluding hydrogens is 162 g/mol. The van der Waals surface area contributed by atoms with Gasteiger partial charge < -0.3 is 5.32 Å². The zero-order valence-corrected chi connectivity index (χ0v) is 8.59. The van der Waals surface area contributed by atoms with Crippen molar-refractivity contribution in [2.75, 3.05) is 6.54 Å². The normalized spacial score (nSPS) is 19.9. The number of aryl methyl sites for hydroxylation is 1. The van der Waals surface area contributed by atoms with E-state index < -0.39 is 0 Å². The maximum atomic E-state index is 4.39. The Kier molecular flexibility index (Phi) is 1.91. The minimum Gasteiger partial charge on any atom is -0.312 e. The molecule has 2 heterocycles. The van der Waals surface area contributed by atoms with E-state index in [1.807, 2.05) is 6.20 Å². The lowest BCUT2D eigenvalue weighted by Gasteiger charge is -2.31. The molecule has 0 atom stereocenters. The Morgan fingerprint density at radius 2 is 2.38 bits per heavy atom. The van der Waals surface area contributed by atoms with E-state index in [2.05, 4.69) is 35.9 Å². The topological polar surface area (TPSA) is 29.9 Å². The molecule has 1 aliphatic heterocycles. The molecule has 0 spiro atoms. The molecule has 72 valence electrons. The van der Waals surface area contributed by atoms with Gasteiger partial charge in [-0.1, -0.05) is 13.8 Å². The van der Waals surface area contributed by atoms with Gasteiger partial charge in [-0.15, -0.1) is 0 Å². The fraction of sp³-hybridized carbons (Fsp3) is 0.700. The predicted molar refractivity (Wildman–Crippen MR) is 52.6 cm³/mol. The number of rotatable bonds is 1. The van der Waals surface area contributed by atoms with Crippen LogP contribution in [-0.2, 0) is 18.5 Å². The molecule has 0 aromatic carbocycles. The van der Waals surface area contributed by atoms with Gasteiger partial charge in [0.1, 0.15) is 0 Å². The molecule has 0 saturated heterocycles. The molecular formula is C10H17N3. The molecule has 0 bridgehead atoms. The first-order chi connectivity index (χ1) is 6.15. The number of aromatic nitrogens is 2. The highest BCUT2D eigenvalue weighted by Crippen LogP contribution is 2.28. The van der Waals surface area contributed by atoms with Gasteiger partial charge in [0.2, 0.25) is 0 Å². The van der Waals surface area contributed by atoms with Crippen LogP contribution in [0, 0.1) is 0 Å². The van der Waals surface area contributed by atoms with E-state index in [0.29, 0.717) is 0 Å². The highest BCUT2D eigenvalue weighted by atomic mass is 15.3. The minimum absolute atomic E-state index is 0.222. The van der Waals surface area contributed by atoms with Crippen LogP contribution in [0.2, 0.25) is 0 Å². The van der Waals surface area contributed by atoms with E-state index in [-0.39, 0.29) is 5.41 Å². The molecule has 2 rings (SSSR count). The Morgan fingerprint density at radius 1 is 1.62 bits per heavy atom. The molecule has 1 N–H and O–H groups in total. The Morgan fingerprint density at radius 3 is 3.08 bits per heavy atom. The summed E-state index contributed by atoms with van der Waals surface area (Å²) in [6.07, 6.45) is 1.99. The van der Waals surface area contributed by atoms with Gasteiger partial charge in [0.05, 0.1) is 6.20 Å². The van der Waals surface area contributed by atoms with Crippen LogP contribution < -0.4 is 5.32 Å². The zero-order chi connectivity index (χ0) is 9.47. The first-order valence-electron chi connectivity index (χ1n) is 4.91. The van der Waals surface area contributed by atoms with Crippen molar-refractivity contribution < 1.29 is 0 Å². The van der Waals surface area contributed by atoms with Crippen LogP contribution in [0.25, 0.3) is 0 Å². The molecule has 1 aromatic heterocycles. The zero-order valence-electron chi connectivity index (χ0n) is 8.59. The first-order valence-corrected chi connectivity index (χ1v) is 4.91. The SMILES string of the molecule is CCn1ncc2c1C(C)(C)CNC2.